The second-order valence-electron chi connectivity index (χ2n) is 7.05. The minimum Gasteiger partial charge on any atom is -0.325 e. The van der Waals surface area contributed by atoms with Crippen LogP contribution in [0.5, 0.6) is 0 Å². The van der Waals surface area contributed by atoms with E-state index >= 15 is 0 Å². The number of fused-ring (bicyclic) bond motifs is 3. The average molecular weight is 420 g/mol. The van der Waals surface area contributed by atoms with Crippen LogP contribution in [-0.2, 0) is 11.3 Å². The second kappa shape index (κ2) is 8.16. The highest BCUT2D eigenvalue weighted by Gasteiger charge is 2.17. The van der Waals surface area contributed by atoms with Crippen molar-refractivity contribution in [3.63, 3.8) is 0 Å². The fourth-order valence-corrected chi connectivity index (χ4v) is 4.23. The fourth-order valence-electron chi connectivity index (χ4n) is 3.49. The number of amides is 1. The van der Waals surface area contributed by atoms with Gasteiger partial charge in [0.25, 0.3) is 5.56 Å². The third-order valence-corrected chi connectivity index (χ3v) is 5.56. The molecule has 0 saturated heterocycles. The number of nitrogens with one attached hydrogen (secondary N) is 1. The highest BCUT2D eigenvalue weighted by Crippen LogP contribution is 2.22. The van der Waals surface area contributed by atoms with Gasteiger partial charge in [0.1, 0.15) is 0 Å². The summed E-state index contributed by atoms with van der Waals surface area (Å²) in [6, 6.07) is 13.2. The van der Waals surface area contributed by atoms with E-state index in [0.29, 0.717) is 28.4 Å². The first-order valence-electron chi connectivity index (χ1n) is 9.46. The molecule has 2 aromatic carbocycles. The maximum atomic E-state index is 12.8. The first kappa shape index (κ1) is 19.9. The summed E-state index contributed by atoms with van der Waals surface area (Å²) in [5.74, 6) is 0.462. The molecule has 2 aromatic heterocycles. The molecule has 0 aliphatic rings. The molecule has 0 aliphatic heterocycles. The van der Waals surface area contributed by atoms with Crippen molar-refractivity contribution in [2.45, 2.75) is 25.5 Å². The minimum atomic E-state index is -0.144. The van der Waals surface area contributed by atoms with Crippen molar-refractivity contribution in [1.29, 1.82) is 0 Å². The molecule has 0 spiro atoms. The lowest BCUT2D eigenvalue weighted by atomic mass is 10.1. The van der Waals surface area contributed by atoms with Crippen LogP contribution in [0.1, 0.15) is 11.1 Å². The molecular formula is C22H21N5O2S. The number of nitrogens with zero attached hydrogens (tertiary/aromatic N) is 4. The first-order valence-corrected chi connectivity index (χ1v) is 10.4. The van der Waals surface area contributed by atoms with E-state index < -0.39 is 0 Å². The topological polar surface area (TPSA) is 81.3 Å². The summed E-state index contributed by atoms with van der Waals surface area (Å²) in [7, 11) is 0. The first-order chi connectivity index (χ1) is 14.5. The number of aromatic nitrogens is 4. The highest BCUT2D eigenvalue weighted by molar-refractivity contribution is 7.99. The van der Waals surface area contributed by atoms with Crippen LogP contribution >= 0.6 is 11.8 Å². The predicted octanol–water partition coefficient (Wildman–Crippen LogP) is 3.58. The molecule has 30 heavy (non-hydrogen) atoms. The third-order valence-electron chi connectivity index (χ3n) is 4.63. The standard InChI is InChI=1S/C22H21N5O2S/c1-4-9-26-20(29)17-7-5-6-8-18(17)27-21(26)24-25-22(27)30-13-19(28)23-16-11-14(2)10-15(3)12-16/h4-8,10-12H,1,9,13H2,2-3H3,(H,23,28). The number of thioether (sulfide) groups is 1. The number of carbonyl (C=O) groups excluding carboxylic acids is 1. The van der Waals surface area contributed by atoms with Gasteiger partial charge in [-0.15, -0.1) is 16.8 Å². The molecule has 0 aliphatic carbocycles. The van der Waals surface area contributed by atoms with Gasteiger partial charge in [0.05, 0.1) is 16.7 Å². The Hall–Kier alpha value is -3.39. The minimum absolute atomic E-state index is 0.134. The monoisotopic (exact) mass is 419 g/mol. The van der Waals surface area contributed by atoms with Crippen LogP contribution in [0.2, 0.25) is 0 Å². The summed E-state index contributed by atoms with van der Waals surface area (Å²) >= 11 is 1.28. The Kier molecular flexibility index (Phi) is 5.41. The molecule has 0 bridgehead atoms. The molecule has 0 saturated carbocycles. The molecule has 0 atom stereocenters. The predicted molar refractivity (Wildman–Crippen MR) is 120 cm³/mol. The van der Waals surface area contributed by atoms with Gasteiger partial charge in [-0.2, -0.15) is 0 Å². The van der Waals surface area contributed by atoms with E-state index in [-0.39, 0.29) is 17.2 Å². The van der Waals surface area contributed by atoms with Gasteiger partial charge in [0, 0.05) is 12.2 Å². The Labute approximate surface area is 177 Å². The Morgan fingerprint density at radius 1 is 1.17 bits per heavy atom. The number of rotatable bonds is 6. The third kappa shape index (κ3) is 3.73. The second-order valence-corrected chi connectivity index (χ2v) is 8.00. The smallest absolute Gasteiger partial charge is 0.263 e. The molecule has 0 fully saturated rings. The van der Waals surface area contributed by atoms with E-state index in [1.54, 1.807) is 12.1 Å². The van der Waals surface area contributed by atoms with Gasteiger partial charge in [0.2, 0.25) is 11.7 Å². The molecule has 1 N–H and O–H groups in total. The van der Waals surface area contributed by atoms with Gasteiger partial charge in [-0.25, -0.2) is 0 Å². The van der Waals surface area contributed by atoms with Crippen molar-refractivity contribution in [3.8, 4) is 0 Å². The number of hydrogen-bond acceptors (Lipinski definition) is 5. The number of allylic oxidation sites excluding steroid dienone is 1. The van der Waals surface area contributed by atoms with E-state index in [2.05, 4.69) is 28.2 Å². The van der Waals surface area contributed by atoms with Crippen LogP contribution < -0.4 is 10.9 Å². The van der Waals surface area contributed by atoms with Gasteiger partial charge in [0.15, 0.2) is 5.16 Å². The molecule has 152 valence electrons. The Balaban J connectivity index is 1.66. The normalized spacial score (nSPS) is 11.1. The van der Waals surface area contributed by atoms with E-state index in [0.717, 1.165) is 16.8 Å². The molecule has 4 rings (SSSR count). The molecular weight excluding hydrogens is 398 g/mol. The molecule has 2 heterocycles. The zero-order valence-corrected chi connectivity index (χ0v) is 17.6. The van der Waals surface area contributed by atoms with Gasteiger partial charge >= 0.3 is 0 Å². The van der Waals surface area contributed by atoms with Gasteiger partial charge < -0.3 is 5.32 Å². The van der Waals surface area contributed by atoms with Crippen LogP contribution in [0.3, 0.4) is 0 Å². The number of carbonyl (C=O) groups is 1. The maximum absolute atomic E-state index is 12.8. The van der Waals surface area contributed by atoms with Crippen LogP contribution in [0.15, 0.2) is 65.1 Å². The highest BCUT2D eigenvalue weighted by atomic mass is 32.2. The Morgan fingerprint density at radius 3 is 2.63 bits per heavy atom. The van der Waals surface area contributed by atoms with Crippen LogP contribution in [0.4, 0.5) is 5.69 Å². The molecule has 1 amide bonds. The van der Waals surface area contributed by atoms with Crippen molar-refractivity contribution in [2.24, 2.45) is 0 Å². The van der Waals surface area contributed by atoms with E-state index in [4.69, 9.17) is 0 Å². The molecule has 7 nitrogen and oxygen atoms in total. The lowest BCUT2D eigenvalue weighted by Crippen LogP contribution is -2.22. The summed E-state index contributed by atoms with van der Waals surface area (Å²) in [4.78, 5) is 25.3. The fraction of sp³-hybridized carbons (Fsp3) is 0.182. The van der Waals surface area contributed by atoms with Crippen molar-refractivity contribution < 1.29 is 4.79 Å². The molecule has 0 unspecified atom stereocenters. The Morgan fingerprint density at radius 2 is 1.90 bits per heavy atom. The van der Waals surface area contributed by atoms with Crippen molar-refractivity contribution >= 4 is 40.0 Å². The van der Waals surface area contributed by atoms with Crippen molar-refractivity contribution in [3.05, 3.63) is 76.6 Å². The maximum Gasteiger partial charge on any atom is 0.263 e. The summed E-state index contributed by atoms with van der Waals surface area (Å²) in [6.07, 6.45) is 1.65. The van der Waals surface area contributed by atoms with Crippen molar-refractivity contribution in [1.82, 2.24) is 19.2 Å². The van der Waals surface area contributed by atoms with Crippen LogP contribution in [-0.4, -0.2) is 30.8 Å². The van der Waals surface area contributed by atoms with Crippen LogP contribution in [0.25, 0.3) is 16.7 Å². The zero-order chi connectivity index (χ0) is 21.3. The van der Waals surface area contributed by atoms with Gasteiger partial charge in [-0.3, -0.25) is 18.6 Å². The number of para-hydroxylation sites is 1. The number of hydrogen-bond donors (Lipinski definition) is 1. The van der Waals surface area contributed by atoms with Crippen LogP contribution in [0, 0.1) is 13.8 Å². The Bertz CT molecular complexity index is 1320. The largest absolute Gasteiger partial charge is 0.325 e. The number of benzene rings is 2. The van der Waals surface area contributed by atoms with Gasteiger partial charge in [-0.05, 0) is 49.2 Å². The lowest BCUT2D eigenvalue weighted by Gasteiger charge is -2.10. The summed E-state index contributed by atoms with van der Waals surface area (Å²) in [5.41, 5.74) is 3.52. The summed E-state index contributed by atoms with van der Waals surface area (Å²) in [5, 5.41) is 12.5. The number of anilines is 1. The van der Waals surface area contributed by atoms with E-state index in [1.807, 2.05) is 48.6 Å². The van der Waals surface area contributed by atoms with E-state index in [1.165, 1.54) is 16.3 Å². The zero-order valence-electron chi connectivity index (χ0n) is 16.8. The molecule has 0 radical (unpaired) electrons. The van der Waals surface area contributed by atoms with Crippen molar-refractivity contribution in [2.75, 3.05) is 11.1 Å². The lowest BCUT2D eigenvalue weighted by molar-refractivity contribution is -0.113. The summed E-state index contributed by atoms with van der Waals surface area (Å²) in [6.45, 7) is 8.04. The molecule has 8 heteroatoms. The number of aryl methyl sites for hydroxylation is 2. The SMILES string of the molecule is C=CCn1c(=O)c2ccccc2n2c(SCC(=O)Nc3cc(C)cc(C)c3)nnc12. The summed E-state index contributed by atoms with van der Waals surface area (Å²) < 4.78 is 3.34. The quantitative estimate of drug-likeness (QED) is 0.382. The average Bonchev–Trinajstić information content (AvgIpc) is 3.13. The van der Waals surface area contributed by atoms with Gasteiger partial charge in [-0.1, -0.05) is 36.0 Å². The van der Waals surface area contributed by atoms with E-state index in [9.17, 15) is 9.59 Å². The molecule has 4 aromatic rings.